The fourth-order valence-corrected chi connectivity index (χ4v) is 4.95. The normalized spacial score (nSPS) is 14.0. The molecule has 1 unspecified atom stereocenters. The molecule has 2 heterocycles. The second-order valence-electron chi connectivity index (χ2n) is 5.69. The summed E-state index contributed by atoms with van der Waals surface area (Å²) < 4.78 is 68.0. The molecule has 0 bridgehead atoms. The van der Waals surface area contributed by atoms with Crippen LogP contribution in [0, 0.1) is 0 Å². The molecule has 26 heavy (non-hydrogen) atoms. The maximum absolute atomic E-state index is 13.0. The van der Waals surface area contributed by atoms with Crippen molar-refractivity contribution in [3.8, 4) is 0 Å². The van der Waals surface area contributed by atoms with Crippen LogP contribution in [0.2, 0.25) is 0 Å². The van der Waals surface area contributed by atoms with Crippen LogP contribution in [0.4, 0.5) is 13.2 Å². The van der Waals surface area contributed by atoms with E-state index in [1.54, 1.807) is 29.9 Å². The molecule has 1 aromatic carbocycles. The SMILES string of the molecule is CCn1c(C(C)NS(=O)(=O)c2cccs2)nc2ccc(C(F)(F)F)cc21. The topological polar surface area (TPSA) is 64.0 Å². The van der Waals surface area contributed by atoms with E-state index in [2.05, 4.69) is 9.71 Å². The van der Waals surface area contributed by atoms with Gasteiger partial charge in [0, 0.05) is 6.54 Å². The molecule has 0 saturated carbocycles. The highest BCUT2D eigenvalue weighted by Crippen LogP contribution is 2.32. The summed E-state index contributed by atoms with van der Waals surface area (Å²) >= 11 is 1.08. The molecule has 0 saturated heterocycles. The number of aryl methyl sites for hydroxylation is 1. The molecule has 140 valence electrons. The highest BCUT2D eigenvalue weighted by atomic mass is 32.2. The molecule has 10 heteroatoms. The summed E-state index contributed by atoms with van der Waals surface area (Å²) in [6, 6.07) is 5.72. The number of benzene rings is 1. The quantitative estimate of drug-likeness (QED) is 0.695. The van der Waals surface area contributed by atoms with Crippen LogP contribution in [0.25, 0.3) is 11.0 Å². The zero-order valence-electron chi connectivity index (χ0n) is 13.9. The van der Waals surface area contributed by atoms with Crippen LogP contribution in [0.5, 0.6) is 0 Å². The van der Waals surface area contributed by atoms with Crippen molar-refractivity contribution in [1.29, 1.82) is 0 Å². The molecule has 0 fully saturated rings. The maximum Gasteiger partial charge on any atom is 0.416 e. The molecule has 3 aromatic rings. The van der Waals surface area contributed by atoms with Gasteiger partial charge in [0.05, 0.1) is 22.6 Å². The number of hydrogen-bond acceptors (Lipinski definition) is 4. The van der Waals surface area contributed by atoms with Crippen LogP contribution < -0.4 is 4.72 Å². The Morgan fingerprint density at radius 1 is 1.31 bits per heavy atom. The van der Waals surface area contributed by atoms with Gasteiger partial charge in [-0.1, -0.05) is 6.07 Å². The van der Waals surface area contributed by atoms with Crippen LogP contribution in [0.3, 0.4) is 0 Å². The molecule has 0 aliphatic rings. The van der Waals surface area contributed by atoms with E-state index in [9.17, 15) is 21.6 Å². The van der Waals surface area contributed by atoms with Crippen molar-refractivity contribution >= 4 is 32.4 Å². The summed E-state index contributed by atoms with van der Waals surface area (Å²) in [7, 11) is -3.72. The van der Waals surface area contributed by atoms with Gasteiger partial charge in [-0.15, -0.1) is 11.3 Å². The zero-order valence-corrected chi connectivity index (χ0v) is 15.5. The molecule has 0 aliphatic carbocycles. The predicted octanol–water partition coefficient (Wildman–Crippen LogP) is 4.18. The number of nitrogens with zero attached hydrogens (tertiary/aromatic N) is 2. The van der Waals surface area contributed by atoms with E-state index in [1.807, 2.05) is 0 Å². The van der Waals surface area contributed by atoms with E-state index < -0.39 is 27.8 Å². The second-order valence-corrected chi connectivity index (χ2v) is 8.58. The van der Waals surface area contributed by atoms with Crippen molar-refractivity contribution in [2.24, 2.45) is 0 Å². The highest BCUT2D eigenvalue weighted by molar-refractivity contribution is 7.91. The molecular formula is C16H16F3N3O2S2. The van der Waals surface area contributed by atoms with Crippen LogP contribution in [0.15, 0.2) is 39.9 Å². The largest absolute Gasteiger partial charge is 0.416 e. The number of nitrogens with one attached hydrogen (secondary N) is 1. The smallest absolute Gasteiger partial charge is 0.327 e. The summed E-state index contributed by atoms with van der Waals surface area (Å²) in [6.45, 7) is 3.74. The van der Waals surface area contributed by atoms with E-state index in [0.29, 0.717) is 23.4 Å². The number of hydrogen-bond donors (Lipinski definition) is 1. The van der Waals surface area contributed by atoms with Crippen LogP contribution in [-0.2, 0) is 22.7 Å². The van der Waals surface area contributed by atoms with Gasteiger partial charge in [0.25, 0.3) is 10.0 Å². The Kier molecular flexibility index (Phi) is 4.84. The predicted molar refractivity (Wildman–Crippen MR) is 93.5 cm³/mol. The van der Waals surface area contributed by atoms with E-state index in [-0.39, 0.29) is 4.21 Å². The monoisotopic (exact) mass is 403 g/mol. The molecule has 0 aliphatic heterocycles. The van der Waals surface area contributed by atoms with Crippen molar-refractivity contribution < 1.29 is 21.6 Å². The number of aromatic nitrogens is 2. The molecular weight excluding hydrogens is 387 g/mol. The molecule has 0 radical (unpaired) electrons. The summed E-state index contributed by atoms with van der Waals surface area (Å²) in [5.41, 5.74) is -0.0607. The average Bonchev–Trinajstić information content (AvgIpc) is 3.20. The lowest BCUT2D eigenvalue weighted by Crippen LogP contribution is -2.28. The minimum absolute atomic E-state index is 0.169. The van der Waals surface area contributed by atoms with Gasteiger partial charge in [0.15, 0.2) is 0 Å². The lowest BCUT2D eigenvalue weighted by molar-refractivity contribution is -0.137. The van der Waals surface area contributed by atoms with Gasteiger partial charge in [-0.05, 0) is 43.5 Å². The first kappa shape index (κ1) is 18.9. The standard InChI is InChI=1S/C16H16F3N3O2S2/c1-3-22-13-9-11(16(17,18)19)6-7-12(13)20-15(22)10(2)21-26(23,24)14-5-4-8-25-14/h4-10,21H,3H2,1-2H3. The summed E-state index contributed by atoms with van der Waals surface area (Å²) in [4.78, 5) is 4.34. The van der Waals surface area contributed by atoms with Crippen LogP contribution in [0.1, 0.15) is 31.3 Å². The van der Waals surface area contributed by atoms with Crippen LogP contribution in [-0.4, -0.2) is 18.0 Å². The molecule has 1 N–H and O–H groups in total. The number of sulfonamides is 1. The minimum Gasteiger partial charge on any atom is -0.327 e. The Morgan fingerprint density at radius 3 is 2.62 bits per heavy atom. The Morgan fingerprint density at radius 2 is 2.04 bits per heavy atom. The summed E-state index contributed by atoms with van der Waals surface area (Å²) in [6.07, 6.45) is -4.45. The van der Waals surface area contributed by atoms with E-state index in [0.717, 1.165) is 23.5 Å². The Labute approximate surface area is 152 Å². The third-order valence-electron chi connectivity index (χ3n) is 3.90. The molecule has 1 atom stereocenters. The van der Waals surface area contributed by atoms with Crippen LogP contribution >= 0.6 is 11.3 Å². The maximum atomic E-state index is 13.0. The van der Waals surface area contributed by atoms with Gasteiger partial charge in [-0.2, -0.15) is 13.2 Å². The first-order chi connectivity index (χ1) is 12.1. The Balaban J connectivity index is 2.02. The van der Waals surface area contributed by atoms with Gasteiger partial charge in [-0.25, -0.2) is 18.1 Å². The number of rotatable bonds is 5. The lowest BCUT2D eigenvalue weighted by Gasteiger charge is -2.15. The third-order valence-corrected chi connectivity index (χ3v) is 6.84. The minimum atomic E-state index is -4.45. The van der Waals surface area contributed by atoms with Gasteiger partial charge in [0.2, 0.25) is 0 Å². The first-order valence-electron chi connectivity index (χ1n) is 7.76. The fraction of sp³-hybridized carbons (Fsp3) is 0.312. The Hall–Kier alpha value is -1.91. The number of fused-ring (bicyclic) bond motifs is 1. The first-order valence-corrected chi connectivity index (χ1v) is 10.1. The van der Waals surface area contributed by atoms with Crippen molar-refractivity contribution in [1.82, 2.24) is 14.3 Å². The van der Waals surface area contributed by atoms with E-state index in [4.69, 9.17) is 0 Å². The zero-order chi connectivity index (χ0) is 19.1. The fourth-order valence-electron chi connectivity index (χ4n) is 2.74. The molecule has 0 spiro atoms. The molecule has 0 amide bonds. The van der Waals surface area contributed by atoms with Gasteiger partial charge in [-0.3, -0.25) is 0 Å². The average molecular weight is 403 g/mol. The number of alkyl halides is 3. The van der Waals surface area contributed by atoms with Gasteiger partial charge in [0.1, 0.15) is 10.0 Å². The number of thiophene rings is 1. The van der Waals surface area contributed by atoms with Crippen molar-refractivity contribution in [2.75, 3.05) is 0 Å². The molecule has 2 aromatic heterocycles. The third kappa shape index (κ3) is 3.49. The molecule has 3 rings (SSSR count). The van der Waals surface area contributed by atoms with Crippen molar-refractivity contribution in [3.63, 3.8) is 0 Å². The lowest BCUT2D eigenvalue weighted by atomic mass is 10.2. The Bertz CT molecular complexity index is 1030. The van der Waals surface area contributed by atoms with E-state index >= 15 is 0 Å². The number of imidazole rings is 1. The van der Waals surface area contributed by atoms with Crippen molar-refractivity contribution in [3.05, 3.63) is 47.1 Å². The van der Waals surface area contributed by atoms with Gasteiger partial charge >= 0.3 is 6.18 Å². The highest BCUT2D eigenvalue weighted by Gasteiger charge is 2.31. The summed E-state index contributed by atoms with van der Waals surface area (Å²) in [5.74, 6) is 0.363. The van der Waals surface area contributed by atoms with Crippen molar-refractivity contribution in [2.45, 2.75) is 36.8 Å². The number of halogens is 3. The molecule has 5 nitrogen and oxygen atoms in total. The summed E-state index contributed by atoms with van der Waals surface area (Å²) in [5, 5.41) is 1.65. The van der Waals surface area contributed by atoms with E-state index in [1.165, 1.54) is 12.1 Å². The van der Waals surface area contributed by atoms with Gasteiger partial charge < -0.3 is 4.57 Å². The second kappa shape index (κ2) is 6.67.